The lowest BCUT2D eigenvalue weighted by molar-refractivity contribution is -0.132. The molecule has 6 nitrogen and oxygen atoms in total. The molecule has 1 saturated heterocycles. The van der Waals surface area contributed by atoms with Crippen molar-refractivity contribution in [3.05, 3.63) is 12.2 Å². The van der Waals surface area contributed by atoms with Crippen molar-refractivity contribution < 1.29 is 4.79 Å². The predicted molar refractivity (Wildman–Crippen MR) is 84.2 cm³/mol. The van der Waals surface area contributed by atoms with Crippen molar-refractivity contribution in [3.8, 4) is 0 Å². The molecule has 1 atom stereocenters. The van der Waals surface area contributed by atoms with Crippen LogP contribution in [0.4, 0.5) is 0 Å². The number of hydrogen-bond acceptors (Lipinski definition) is 4. The Labute approximate surface area is 132 Å². The molecule has 0 unspecified atom stereocenters. The minimum absolute atomic E-state index is 0.00294. The molecule has 0 radical (unpaired) electrons. The summed E-state index contributed by atoms with van der Waals surface area (Å²) in [5, 5.41) is 7.53. The Morgan fingerprint density at radius 2 is 2.09 bits per heavy atom. The zero-order valence-corrected chi connectivity index (χ0v) is 13.9. The Morgan fingerprint density at radius 1 is 1.41 bits per heavy atom. The number of nitrogens with zero attached hydrogens (tertiary/aromatic N) is 4. The van der Waals surface area contributed by atoms with Crippen molar-refractivity contribution in [3.63, 3.8) is 0 Å². The van der Waals surface area contributed by atoms with Crippen molar-refractivity contribution in [2.45, 2.75) is 64.6 Å². The number of hydrogen-bond donors (Lipinski definition) is 1. The van der Waals surface area contributed by atoms with E-state index >= 15 is 0 Å². The van der Waals surface area contributed by atoms with Gasteiger partial charge < -0.3 is 5.32 Å². The van der Waals surface area contributed by atoms with Crippen LogP contribution in [0, 0.1) is 5.92 Å². The topological polar surface area (TPSA) is 63.1 Å². The highest BCUT2D eigenvalue weighted by molar-refractivity contribution is 5.85. The minimum Gasteiger partial charge on any atom is -0.344 e. The van der Waals surface area contributed by atoms with E-state index in [2.05, 4.69) is 27.2 Å². The molecule has 0 bridgehead atoms. The van der Waals surface area contributed by atoms with Crippen molar-refractivity contribution in [2.24, 2.45) is 5.92 Å². The first-order chi connectivity index (χ1) is 10.5. The molecule has 2 fully saturated rings. The second-order valence-corrected chi connectivity index (χ2v) is 6.98. The van der Waals surface area contributed by atoms with Crippen molar-refractivity contribution >= 4 is 5.91 Å². The van der Waals surface area contributed by atoms with E-state index in [9.17, 15) is 4.79 Å². The summed E-state index contributed by atoms with van der Waals surface area (Å²) in [6, 6.07) is -0.00294. The van der Waals surface area contributed by atoms with E-state index in [1.807, 2.05) is 18.5 Å². The van der Waals surface area contributed by atoms with Crippen LogP contribution in [0.1, 0.15) is 58.3 Å². The second kappa shape index (κ2) is 5.99. The fraction of sp³-hybridized carbons (Fsp3) is 0.812. The lowest BCUT2D eigenvalue weighted by Gasteiger charge is -2.35. The highest BCUT2D eigenvalue weighted by atomic mass is 16.2. The summed E-state index contributed by atoms with van der Waals surface area (Å²) >= 11 is 0. The van der Waals surface area contributed by atoms with Gasteiger partial charge in [-0.1, -0.05) is 0 Å². The van der Waals surface area contributed by atoms with Gasteiger partial charge >= 0.3 is 0 Å². The molecule has 2 heterocycles. The molecule has 1 aliphatic carbocycles. The largest absolute Gasteiger partial charge is 0.344 e. The fourth-order valence-corrected chi connectivity index (χ4v) is 3.32. The average Bonchev–Trinajstić information content (AvgIpc) is 3.02. The molecule has 1 aromatic rings. The Hall–Kier alpha value is -1.43. The Morgan fingerprint density at radius 3 is 2.68 bits per heavy atom. The van der Waals surface area contributed by atoms with Gasteiger partial charge in [0.05, 0.1) is 11.6 Å². The van der Waals surface area contributed by atoms with E-state index in [0.29, 0.717) is 5.92 Å². The number of carbonyl (C=O) groups is 1. The SMILES string of the molecule is CCn1ncnc1[C@H](NC(=O)C(C)(C)N1CCCC1)C1CC1. The smallest absolute Gasteiger partial charge is 0.240 e. The van der Waals surface area contributed by atoms with Crippen LogP contribution in [0.5, 0.6) is 0 Å². The van der Waals surface area contributed by atoms with E-state index in [1.165, 1.54) is 12.8 Å². The molecule has 122 valence electrons. The van der Waals surface area contributed by atoms with Crippen LogP contribution in [-0.2, 0) is 11.3 Å². The molecular weight excluding hydrogens is 278 g/mol. The van der Waals surface area contributed by atoms with E-state index in [1.54, 1.807) is 6.33 Å². The van der Waals surface area contributed by atoms with Gasteiger partial charge in [0.2, 0.25) is 5.91 Å². The van der Waals surface area contributed by atoms with Gasteiger partial charge in [0, 0.05) is 6.54 Å². The molecule has 1 aromatic heterocycles. The number of nitrogens with one attached hydrogen (secondary N) is 1. The monoisotopic (exact) mass is 305 g/mol. The summed E-state index contributed by atoms with van der Waals surface area (Å²) in [7, 11) is 0. The second-order valence-electron chi connectivity index (χ2n) is 6.98. The summed E-state index contributed by atoms with van der Waals surface area (Å²) < 4.78 is 1.89. The maximum Gasteiger partial charge on any atom is 0.240 e. The first-order valence-corrected chi connectivity index (χ1v) is 8.47. The molecule has 6 heteroatoms. The number of aryl methyl sites for hydroxylation is 1. The minimum atomic E-state index is -0.458. The number of rotatable bonds is 6. The highest BCUT2D eigenvalue weighted by Crippen LogP contribution is 2.40. The lowest BCUT2D eigenvalue weighted by atomic mass is 10.0. The average molecular weight is 305 g/mol. The lowest BCUT2D eigenvalue weighted by Crippen LogP contribution is -2.54. The van der Waals surface area contributed by atoms with Crippen molar-refractivity contribution in [1.82, 2.24) is 25.0 Å². The first-order valence-electron chi connectivity index (χ1n) is 8.47. The Balaban J connectivity index is 1.75. The molecule has 2 aliphatic rings. The third-order valence-electron chi connectivity index (χ3n) is 5.06. The van der Waals surface area contributed by atoms with E-state index in [-0.39, 0.29) is 11.9 Å². The molecule has 22 heavy (non-hydrogen) atoms. The molecule has 0 spiro atoms. The number of likely N-dealkylation sites (tertiary alicyclic amines) is 1. The maximum atomic E-state index is 12.9. The molecular formula is C16H27N5O. The normalized spacial score (nSPS) is 21.0. The van der Waals surface area contributed by atoms with Gasteiger partial charge in [0.15, 0.2) is 0 Å². The number of carbonyl (C=O) groups excluding carboxylic acids is 1. The van der Waals surface area contributed by atoms with Crippen LogP contribution in [0.15, 0.2) is 6.33 Å². The van der Waals surface area contributed by atoms with Crippen LogP contribution < -0.4 is 5.32 Å². The van der Waals surface area contributed by atoms with Crippen molar-refractivity contribution in [1.29, 1.82) is 0 Å². The standard InChI is InChI=1S/C16H27N5O/c1-4-21-14(17-11-18-21)13(12-7-8-12)19-15(22)16(2,3)20-9-5-6-10-20/h11-13H,4-10H2,1-3H3,(H,19,22)/t13-/m1/s1. The van der Waals surface area contributed by atoms with Gasteiger partial charge in [0.1, 0.15) is 12.2 Å². The van der Waals surface area contributed by atoms with Gasteiger partial charge in [-0.25, -0.2) is 9.67 Å². The van der Waals surface area contributed by atoms with Gasteiger partial charge in [-0.3, -0.25) is 9.69 Å². The van der Waals surface area contributed by atoms with E-state index in [0.717, 1.165) is 38.3 Å². The Bertz CT molecular complexity index is 528. The summed E-state index contributed by atoms with van der Waals surface area (Å²) in [6.07, 6.45) is 6.28. The van der Waals surface area contributed by atoms with E-state index in [4.69, 9.17) is 0 Å². The van der Waals surface area contributed by atoms with Crippen LogP contribution in [0.2, 0.25) is 0 Å². The quantitative estimate of drug-likeness (QED) is 0.869. The van der Waals surface area contributed by atoms with Gasteiger partial charge in [-0.15, -0.1) is 0 Å². The first kappa shape index (κ1) is 15.5. The number of amides is 1. The molecule has 3 rings (SSSR count). The summed E-state index contributed by atoms with van der Waals surface area (Å²) in [5.41, 5.74) is -0.458. The molecule has 1 saturated carbocycles. The zero-order valence-electron chi connectivity index (χ0n) is 13.9. The number of aromatic nitrogens is 3. The molecule has 1 aliphatic heterocycles. The fourth-order valence-electron chi connectivity index (χ4n) is 3.32. The van der Waals surface area contributed by atoms with Gasteiger partial charge in [-0.05, 0) is 65.5 Å². The summed E-state index contributed by atoms with van der Waals surface area (Å²) in [6.45, 7) is 8.92. The summed E-state index contributed by atoms with van der Waals surface area (Å²) in [5.74, 6) is 1.51. The highest BCUT2D eigenvalue weighted by Gasteiger charge is 2.41. The van der Waals surface area contributed by atoms with Gasteiger partial charge in [-0.2, -0.15) is 5.10 Å². The van der Waals surface area contributed by atoms with Gasteiger partial charge in [0.25, 0.3) is 0 Å². The van der Waals surface area contributed by atoms with Crippen molar-refractivity contribution in [2.75, 3.05) is 13.1 Å². The molecule has 0 aromatic carbocycles. The van der Waals surface area contributed by atoms with Crippen LogP contribution in [0.3, 0.4) is 0 Å². The van der Waals surface area contributed by atoms with Crippen LogP contribution in [-0.4, -0.2) is 44.2 Å². The third-order valence-corrected chi connectivity index (χ3v) is 5.06. The Kier molecular flexibility index (Phi) is 4.21. The van der Waals surface area contributed by atoms with Crippen LogP contribution in [0.25, 0.3) is 0 Å². The zero-order chi connectivity index (χ0) is 15.7. The van der Waals surface area contributed by atoms with Crippen LogP contribution >= 0.6 is 0 Å². The predicted octanol–water partition coefficient (Wildman–Crippen LogP) is 1.74. The molecule has 1 N–H and O–H groups in total. The summed E-state index contributed by atoms with van der Waals surface area (Å²) in [4.78, 5) is 19.6. The van der Waals surface area contributed by atoms with E-state index < -0.39 is 5.54 Å². The third kappa shape index (κ3) is 2.89. The maximum absolute atomic E-state index is 12.9. The molecule has 1 amide bonds.